The molecular weight excluding hydrogens is 301 g/mol. The Morgan fingerprint density at radius 3 is 2.65 bits per heavy atom. The summed E-state index contributed by atoms with van der Waals surface area (Å²) < 4.78 is 14.2. The number of carboxylic acid groups (broad SMARTS) is 1. The van der Waals surface area contributed by atoms with Gasteiger partial charge in [0.1, 0.15) is 11.6 Å². The fourth-order valence-corrected chi connectivity index (χ4v) is 2.48. The first kappa shape index (κ1) is 15.1. The van der Waals surface area contributed by atoms with Gasteiger partial charge < -0.3 is 20.2 Å². The number of fused-ring (bicyclic) bond motifs is 1. The first-order valence-corrected chi connectivity index (χ1v) is 6.99. The lowest BCUT2D eigenvalue weighted by Gasteiger charge is -2.19. The second-order valence-corrected chi connectivity index (χ2v) is 5.32. The van der Waals surface area contributed by atoms with E-state index in [-0.39, 0.29) is 5.56 Å². The number of hydrogen-bond donors (Lipinski definition) is 2. The largest absolute Gasteiger partial charge is 0.478 e. The molecule has 0 spiro atoms. The van der Waals surface area contributed by atoms with Crippen molar-refractivity contribution in [2.24, 2.45) is 0 Å². The van der Waals surface area contributed by atoms with Crippen molar-refractivity contribution in [1.29, 1.82) is 0 Å². The number of hydrogen-bond acceptors (Lipinski definition) is 5. The Bertz CT molecular complexity index is 764. The summed E-state index contributed by atoms with van der Waals surface area (Å²) in [5.41, 5.74) is 1.88. The van der Waals surface area contributed by atoms with E-state index in [1.54, 1.807) is 30.1 Å². The van der Waals surface area contributed by atoms with E-state index >= 15 is 0 Å². The van der Waals surface area contributed by atoms with Crippen LogP contribution in [0.1, 0.15) is 10.4 Å². The summed E-state index contributed by atoms with van der Waals surface area (Å²) in [6.07, 6.45) is 0. The van der Waals surface area contributed by atoms with Crippen molar-refractivity contribution in [2.45, 2.75) is 0 Å². The number of carbonyl (C=O) groups is 1. The molecule has 0 unspecified atom stereocenters. The molecule has 0 saturated heterocycles. The second kappa shape index (κ2) is 5.77. The highest BCUT2D eigenvalue weighted by molar-refractivity contribution is 5.89. The number of rotatable bonds is 4. The minimum absolute atomic E-state index is 0.0756. The molecule has 0 fully saturated rings. The normalized spacial score (nSPS) is 13.0. The van der Waals surface area contributed by atoms with Gasteiger partial charge in [-0.1, -0.05) is 0 Å². The molecule has 2 N–H and O–H groups in total. The van der Waals surface area contributed by atoms with Gasteiger partial charge in [-0.25, -0.2) is 9.18 Å². The number of aromatic carboxylic acids is 1. The highest BCUT2D eigenvalue weighted by atomic mass is 19.1. The van der Waals surface area contributed by atoms with Gasteiger partial charge in [-0.05, 0) is 30.3 Å². The van der Waals surface area contributed by atoms with E-state index in [4.69, 9.17) is 9.94 Å². The van der Waals surface area contributed by atoms with Crippen LogP contribution < -0.4 is 15.1 Å². The molecule has 2 aromatic carbocycles. The van der Waals surface area contributed by atoms with Gasteiger partial charge in [-0.3, -0.25) is 0 Å². The van der Waals surface area contributed by atoms with Crippen molar-refractivity contribution >= 4 is 23.0 Å². The summed E-state index contributed by atoms with van der Waals surface area (Å²) in [6.45, 7) is 0.393. The van der Waals surface area contributed by atoms with Crippen molar-refractivity contribution in [2.75, 3.05) is 31.0 Å². The molecule has 0 bridgehead atoms. The molecule has 0 radical (unpaired) electrons. The van der Waals surface area contributed by atoms with Gasteiger partial charge in [-0.2, -0.15) is 5.06 Å². The molecular formula is C16H16FN3O3. The van der Waals surface area contributed by atoms with Crippen molar-refractivity contribution in [3.63, 3.8) is 0 Å². The van der Waals surface area contributed by atoms with Crippen LogP contribution in [-0.4, -0.2) is 36.9 Å². The van der Waals surface area contributed by atoms with Crippen molar-refractivity contribution < 1.29 is 19.1 Å². The van der Waals surface area contributed by atoms with Crippen LogP contribution in [0.3, 0.4) is 0 Å². The van der Waals surface area contributed by atoms with Crippen LogP contribution in [0, 0.1) is 5.82 Å². The fourth-order valence-electron chi connectivity index (χ4n) is 2.48. The minimum atomic E-state index is -1.15. The summed E-state index contributed by atoms with van der Waals surface area (Å²) in [7, 11) is 3.57. The molecule has 0 saturated carbocycles. The van der Waals surface area contributed by atoms with Crippen LogP contribution in [0.15, 0.2) is 36.4 Å². The summed E-state index contributed by atoms with van der Waals surface area (Å²) >= 11 is 0. The molecule has 0 aromatic heterocycles. The van der Waals surface area contributed by atoms with E-state index in [2.05, 4.69) is 5.32 Å². The van der Waals surface area contributed by atoms with E-state index in [1.807, 2.05) is 12.1 Å². The van der Waals surface area contributed by atoms with Gasteiger partial charge in [0.25, 0.3) is 0 Å². The minimum Gasteiger partial charge on any atom is -0.478 e. The van der Waals surface area contributed by atoms with Gasteiger partial charge in [0.05, 0.1) is 29.3 Å². The average Bonchev–Trinajstić information content (AvgIpc) is 2.89. The summed E-state index contributed by atoms with van der Waals surface area (Å²) in [4.78, 5) is 18.1. The van der Waals surface area contributed by atoms with Gasteiger partial charge >= 0.3 is 5.97 Å². The smallest absolute Gasteiger partial charge is 0.335 e. The lowest BCUT2D eigenvalue weighted by Crippen LogP contribution is -2.18. The number of nitrogens with zero attached hydrogens (tertiary/aromatic N) is 2. The van der Waals surface area contributed by atoms with Crippen LogP contribution in [0.4, 0.5) is 21.5 Å². The van der Waals surface area contributed by atoms with Crippen molar-refractivity contribution in [3.05, 3.63) is 47.8 Å². The zero-order valence-electron chi connectivity index (χ0n) is 12.7. The summed E-state index contributed by atoms with van der Waals surface area (Å²) in [6, 6.07) is 9.35. The van der Waals surface area contributed by atoms with Crippen molar-refractivity contribution in [3.8, 4) is 5.75 Å². The number of halogens is 1. The van der Waals surface area contributed by atoms with Crippen LogP contribution in [0.5, 0.6) is 5.75 Å². The molecule has 0 aliphatic carbocycles. The molecule has 7 heteroatoms. The highest BCUT2D eigenvalue weighted by Gasteiger charge is 2.23. The number of carboxylic acids is 1. The summed E-state index contributed by atoms with van der Waals surface area (Å²) in [5.74, 6) is -1.06. The highest BCUT2D eigenvalue weighted by Crippen LogP contribution is 2.40. The van der Waals surface area contributed by atoms with Crippen molar-refractivity contribution in [1.82, 2.24) is 5.06 Å². The first-order chi connectivity index (χ1) is 11.0. The molecule has 3 rings (SSSR count). The number of anilines is 3. The summed E-state index contributed by atoms with van der Waals surface area (Å²) in [5, 5.41) is 13.7. The number of hydroxylamine groups is 2. The van der Waals surface area contributed by atoms with Gasteiger partial charge in [0.2, 0.25) is 0 Å². The molecule has 0 amide bonds. The maximum Gasteiger partial charge on any atom is 0.335 e. The lowest BCUT2D eigenvalue weighted by molar-refractivity contribution is -0.00317. The van der Waals surface area contributed by atoms with Gasteiger partial charge in [0, 0.05) is 20.2 Å². The molecule has 0 atom stereocenters. The molecule has 1 aliphatic rings. The van der Waals surface area contributed by atoms with E-state index < -0.39 is 11.8 Å². The average molecular weight is 317 g/mol. The lowest BCUT2D eigenvalue weighted by atomic mass is 10.1. The second-order valence-electron chi connectivity index (χ2n) is 5.32. The maximum absolute atomic E-state index is 14.2. The van der Waals surface area contributed by atoms with E-state index in [1.165, 1.54) is 12.1 Å². The zero-order chi connectivity index (χ0) is 16.6. The molecule has 6 nitrogen and oxygen atoms in total. The third-order valence-electron chi connectivity index (χ3n) is 3.46. The van der Waals surface area contributed by atoms with E-state index in [0.29, 0.717) is 18.1 Å². The van der Waals surface area contributed by atoms with E-state index in [0.717, 1.165) is 17.4 Å². The Hall–Kier alpha value is -2.80. The number of benzene rings is 2. The molecule has 23 heavy (non-hydrogen) atoms. The van der Waals surface area contributed by atoms with E-state index in [9.17, 15) is 9.18 Å². The zero-order valence-corrected chi connectivity index (χ0v) is 12.7. The van der Waals surface area contributed by atoms with Crippen LogP contribution in [-0.2, 0) is 0 Å². The number of nitrogens with one attached hydrogen (secondary N) is 1. The standard InChI is InChI=1S/C16H16FN3O3/c1-19(2)23-11-4-6-15-13(8-11)18-9-20(15)14-5-3-10(16(21)22)7-12(14)17/h3-8,18H,9H2,1-2H3,(H,21,22). The first-order valence-electron chi connectivity index (χ1n) is 6.99. The molecule has 2 aromatic rings. The van der Waals surface area contributed by atoms with Crippen LogP contribution in [0.2, 0.25) is 0 Å². The Labute approximate surface area is 132 Å². The van der Waals surface area contributed by atoms with Gasteiger partial charge in [0.15, 0.2) is 0 Å². The molecule has 1 aliphatic heterocycles. The Morgan fingerprint density at radius 1 is 1.26 bits per heavy atom. The Kier molecular flexibility index (Phi) is 3.79. The third kappa shape index (κ3) is 2.91. The Balaban J connectivity index is 1.92. The third-order valence-corrected chi connectivity index (χ3v) is 3.46. The topological polar surface area (TPSA) is 65.0 Å². The fraction of sp³-hybridized carbons (Fsp3) is 0.188. The SMILES string of the molecule is CN(C)Oc1ccc2c(c1)NCN2c1ccc(C(=O)O)cc1F. The van der Waals surface area contributed by atoms with Crippen LogP contribution >= 0.6 is 0 Å². The maximum atomic E-state index is 14.2. The molecule has 1 heterocycles. The predicted molar refractivity (Wildman–Crippen MR) is 84.7 cm³/mol. The quantitative estimate of drug-likeness (QED) is 0.845. The monoisotopic (exact) mass is 317 g/mol. The van der Waals surface area contributed by atoms with Crippen LogP contribution in [0.25, 0.3) is 0 Å². The van der Waals surface area contributed by atoms with Gasteiger partial charge in [-0.15, -0.1) is 0 Å². The predicted octanol–water partition coefficient (Wildman–Crippen LogP) is 2.90. The molecule has 120 valence electrons. The Morgan fingerprint density at radius 2 is 2.00 bits per heavy atom.